The predicted molar refractivity (Wildman–Crippen MR) is 147 cm³/mol. The van der Waals surface area contributed by atoms with Gasteiger partial charge in [-0.1, -0.05) is 18.2 Å². The van der Waals surface area contributed by atoms with Crippen LogP contribution in [0.5, 0.6) is 0 Å². The number of likely N-dealkylation sites (N-methyl/N-ethyl adjacent to an activating group) is 1. The Morgan fingerprint density at radius 3 is 2.42 bits per heavy atom. The highest BCUT2D eigenvalue weighted by Crippen LogP contribution is 2.28. The highest BCUT2D eigenvalue weighted by molar-refractivity contribution is 7.89. The summed E-state index contributed by atoms with van der Waals surface area (Å²) in [7, 11) is -1.39. The first kappa shape index (κ1) is 24.4. The summed E-state index contributed by atoms with van der Waals surface area (Å²) < 4.78 is 28.4. The number of benzene rings is 2. The van der Waals surface area contributed by atoms with E-state index >= 15 is 0 Å². The quantitative estimate of drug-likeness (QED) is 0.286. The SMILES string of the molecule is CN1CCN(c2ccc(Nc3nc(NCCNS(=O)(=O)c4ccccc4)c4sccc4n3)cc2)CC1. The lowest BCUT2D eigenvalue weighted by Gasteiger charge is -2.34. The van der Waals surface area contributed by atoms with Gasteiger partial charge >= 0.3 is 0 Å². The molecule has 188 valence electrons. The molecule has 3 heterocycles. The van der Waals surface area contributed by atoms with Gasteiger partial charge in [-0.25, -0.2) is 18.1 Å². The fourth-order valence-electron chi connectivity index (χ4n) is 4.04. The molecule has 9 nitrogen and oxygen atoms in total. The van der Waals surface area contributed by atoms with Crippen LogP contribution in [0.3, 0.4) is 0 Å². The smallest absolute Gasteiger partial charge is 0.240 e. The van der Waals surface area contributed by atoms with Crippen molar-refractivity contribution in [2.75, 3.05) is 61.8 Å². The van der Waals surface area contributed by atoms with Crippen molar-refractivity contribution in [1.82, 2.24) is 19.6 Å². The normalized spacial score (nSPS) is 14.8. The van der Waals surface area contributed by atoms with Crippen LogP contribution < -0.4 is 20.3 Å². The van der Waals surface area contributed by atoms with E-state index in [0.717, 1.165) is 42.1 Å². The van der Waals surface area contributed by atoms with E-state index < -0.39 is 10.0 Å². The second kappa shape index (κ2) is 10.8. The Morgan fingerprint density at radius 1 is 0.917 bits per heavy atom. The van der Waals surface area contributed by atoms with Crippen molar-refractivity contribution < 1.29 is 8.42 Å². The van der Waals surface area contributed by atoms with Gasteiger partial charge in [0.15, 0.2) is 0 Å². The van der Waals surface area contributed by atoms with Gasteiger partial charge in [0.2, 0.25) is 16.0 Å². The summed E-state index contributed by atoms with van der Waals surface area (Å²) in [6.07, 6.45) is 0. The average Bonchev–Trinajstić information content (AvgIpc) is 3.37. The first-order chi connectivity index (χ1) is 17.5. The zero-order valence-corrected chi connectivity index (χ0v) is 21.6. The van der Waals surface area contributed by atoms with Gasteiger partial charge in [-0.05, 0) is 54.9 Å². The number of hydrogen-bond donors (Lipinski definition) is 3. The molecule has 0 saturated carbocycles. The van der Waals surface area contributed by atoms with Gasteiger partial charge in [0.1, 0.15) is 5.82 Å². The van der Waals surface area contributed by atoms with Gasteiger partial charge in [-0.15, -0.1) is 11.3 Å². The molecule has 0 amide bonds. The molecule has 1 aliphatic rings. The molecule has 3 N–H and O–H groups in total. The second-order valence-corrected chi connectivity index (χ2v) is 11.3. The van der Waals surface area contributed by atoms with Crippen molar-refractivity contribution >= 4 is 54.7 Å². The third-order valence-corrected chi connectivity index (χ3v) is 8.45. The molecule has 2 aromatic heterocycles. The Hall–Kier alpha value is -3.25. The number of piperazine rings is 1. The molecule has 36 heavy (non-hydrogen) atoms. The maximum absolute atomic E-state index is 12.4. The lowest BCUT2D eigenvalue weighted by atomic mass is 10.2. The van der Waals surface area contributed by atoms with Crippen LogP contribution in [-0.2, 0) is 10.0 Å². The lowest BCUT2D eigenvalue weighted by molar-refractivity contribution is 0.313. The highest BCUT2D eigenvalue weighted by Gasteiger charge is 2.15. The molecule has 1 saturated heterocycles. The van der Waals surface area contributed by atoms with Crippen molar-refractivity contribution in [2.24, 2.45) is 0 Å². The number of nitrogens with one attached hydrogen (secondary N) is 3. The number of hydrogen-bond acceptors (Lipinski definition) is 9. The predicted octanol–water partition coefficient (Wildman–Crippen LogP) is 3.58. The minimum absolute atomic E-state index is 0.227. The lowest BCUT2D eigenvalue weighted by Crippen LogP contribution is -2.44. The maximum Gasteiger partial charge on any atom is 0.240 e. The van der Waals surface area contributed by atoms with Crippen molar-refractivity contribution in [3.63, 3.8) is 0 Å². The van der Waals surface area contributed by atoms with Crippen LogP contribution in [0.25, 0.3) is 10.2 Å². The molecule has 11 heteroatoms. The second-order valence-electron chi connectivity index (χ2n) is 8.63. The van der Waals surface area contributed by atoms with Crippen LogP contribution in [0.15, 0.2) is 70.9 Å². The molecular weight excluding hydrogens is 494 g/mol. The van der Waals surface area contributed by atoms with E-state index in [9.17, 15) is 8.42 Å². The van der Waals surface area contributed by atoms with Gasteiger partial charge in [0.05, 0.1) is 15.1 Å². The number of fused-ring (bicyclic) bond motifs is 1. The molecule has 0 spiro atoms. The van der Waals surface area contributed by atoms with Crippen LogP contribution >= 0.6 is 11.3 Å². The van der Waals surface area contributed by atoms with Crippen LogP contribution in [0, 0.1) is 0 Å². The summed E-state index contributed by atoms with van der Waals surface area (Å²) in [6, 6.07) is 18.6. The van der Waals surface area contributed by atoms with Crippen LogP contribution in [-0.4, -0.2) is 69.6 Å². The minimum Gasteiger partial charge on any atom is -0.369 e. The summed E-state index contributed by atoms with van der Waals surface area (Å²) in [6.45, 7) is 4.80. The van der Waals surface area contributed by atoms with Crippen molar-refractivity contribution in [2.45, 2.75) is 4.90 Å². The summed E-state index contributed by atoms with van der Waals surface area (Å²) >= 11 is 1.54. The van der Waals surface area contributed by atoms with Gasteiger partial charge in [0.25, 0.3) is 0 Å². The first-order valence-corrected chi connectivity index (χ1v) is 14.2. The first-order valence-electron chi connectivity index (χ1n) is 11.8. The molecule has 2 aromatic carbocycles. The number of rotatable bonds is 9. The van der Waals surface area contributed by atoms with Crippen molar-refractivity contribution in [1.29, 1.82) is 0 Å². The summed E-state index contributed by atoms with van der Waals surface area (Å²) in [5.74, 6) is 1.16. The molecule has 0 bridgehead atoms. The average molecular weight is 524 g/mol. The highest BCUT2D eigenvalue weighted by atomic mass is 32.2. The van der Waals surface area contributed by atoms with Crippen molar-refractivity contribution in [3.8, 4) is 0 Å². The summed E-state index contributed by atoms with van der Waals surface area (Å²) in [4.78, 5) is 14.3. The molecular formula is C25H29N7O2S2. The maximum atomic E-state index is 12.4. The van der Waals surface area contributed by atoms with E-state index in [1.165, 1.54) is 5.69 Å². The van der Waals surface area contributed by atoms with Gasteiger partial charge < -0.3 is 20.4 Å². The monoisotopic (exact) mass is 523 g/mol. The Kier molecular flexibility index (Phi) is 7.33. The van der Waals surface area contributed by atoms with Gasteiger partial charge in [-0.2, -0.15) is 4.98 Å². The fraction of sp³-hybridized carbons (Fsp3) is 0.280. The van der Waals surface area contributed by atoms with Crippen LogP contribution in [0.1, 0.15) is 0 Å². The number of thiophene rings is 1. The minimum atomic E-state index is -3.55. The summed E-state index contributed by atoms with van der Waals surface area (Å²) in [5.41, 5.74) is 2.95. The van der Waals surface area contributed by atoms with E-state index in [2.05, 4.69) is 54.3 Å². The zero-order chi connectivity index (χ0) is 25.0. The fourth-order valence-corrected chi connectivity index (χ4v) is 5.89. The van der Waals surface area contributed by atoms with Crippen LogP contribution in [0.4, 0.5) is 23.1 Å². The molecule has 5 rings (SSSR count). The number of aromatic nitrogens is 2. The van der Waals surface area contributed by atoms with E-state index in [-0.39, 0.29) is 11.4 Å². The molecule has 1 aliphatic heterocycles. The van der Waals surface area contributed by atoms with E-state index in [1.54, 1.807) is 41.7 Å². The molecule has 4 aromatic rings. The summed E-state index contributed by atoms with van der Waals surface area (Å²) in [5, 5.41) is 8.53. The Bertz CT molecular complexity index is 1400. The van der Waals surface area contributed by atoms with Gasteiger partial charge in [0, 0.05) is 50.6 Å². The third kappa shape index (κ3) is 5.76. The number of nitrogens with zero attached hydrogens (tertiary/aromatic N) is 4. The number of sulfonamides is 1. The Labute approximate surface area is 215 Å². The Morgan fingerprint density at radius 2 is 1.67 bits per heavy atom. The number of anilines is 4. The van der Waals surface area contributed by atoms with E-state index in [1.807, 2.05) is 23.6 Å². The molecule has 0 radical (unpaired) electrons. The molecule has 0 aliphatic carbocycles. The third-order valence-electron chi connectivity index (χ3n) is 6.06. The van der Waals surface area contributed by atoms with Crippen LogP contribution in [0.2, 0.25) is 0 Å². The Balaban J connectivity index is 1.23. The topological polar surface area (TPSA) is 102 Å². The van der Waals surface area contributed by atoms with Gasteiger partial charge in [-0.3, -0.25) is 0 Å². The standard InChI is InChI=1S/C25H29N7O2S2/c1-31-14-16-32(17-15-31)20-9-7-19(8-10-20)28-25-29-22-11-18-35-23(22)24(30-25)26-12-13-27-36(33,34)21-5-3-2-4-6-21/h2-11,18,27H,12-17H2,1H3,(H2,26,28,29,30). The molecule has 0 unspecified atom stereocenters. The zero-order valence-electron chi connectivity index (χ0n) is 20.0. The molecule has 0 atom stereocenters. The van der Waals surface area contributed by atoms with E-state index in [0.29, 0.717) is 18.3 Å². The largest absolute Gasteiger partial charge is 0.369 e. The van der Waals surface area contributed by atoms with Crippen molar-refractivity contribution in [3.05, 3.63) is 66.0 Å². The molecule has 1 fully saturated rings. The van der Waals surface area contributed by atoms with E-state index in [4.69, 9.17) is 0 Å².